The quantitative estimate of drug-likeness (QED) is 0.0705. The molecule has 0 heterocycles. The molecule has 1 fully saturated rings. The number of Topliss-reactive ketones (excluding diaryl/α,β-unsaturated/α-hetero) is 1. The van der Waals surface area contributed by atoms with Crippen molar-refractivity contribution in [1.29, 1.82) is 0 Å². The highest BCUT2D eigenvalue weighted by Crippen LogP contribution is 2.35. The number of ether oxygens (including phenoxy) is 1. The summed E-state index contributed by atoms with van der Waals surface area (Å²) in [6.07, 6.45) is 11.1. The van der Waals surface area contributed by atoms with Crippen molar-refractivity contribution in [2.24, 2.45) is 17.3 Å². The summed E-state index contributed by atoms with van der Waals surface area (Å²) in [5.74, 6) is -1.14. The summed E-state index contributed by atoms with van der Waals surface area (Å²) in [5.41, 5.74) is 1.30. The highest BCUT2D eigenvalue weighted by molar-refractivity contribution is 6.04. The molecule has 2 amide bonds. The van der Waals surface area contributed by atoms with E-state index in [9.17, 15) is 29.4 Å². The van der Waals surface area contributed by atoms with Gasteiger partial charge in [-0.1, -0.05) is 57.9 Å². The fraction of sp³-hybridized carbons (Fsp3) is 0.459. The number of hydrogen-bond donors (Lipinski definition) is 4. The molecule has 1 unspecified atom stereocenters. The SMILES string of the molecule is CCCCC(C)(C)[C@H](O)/C=C/C1[C@H](O)CC(=O)[C@@H]1C/C=C/CCCC(=O)Oc1ccc(NC(=O)c2ccc(NC(C)=O)cc2)cc1. The number of benzene rings is 2. The van der Waals surface area contributed by atoms with E-state index in [-0.39, 0.29) is 53.7 Å². The van der Waals surface area contributed by atoms with Crippen LogP contribution in [0, 0.1) is 17.3 Å². The minimum atomic E-state index is -0.747. The van der Waals surface area contributed by atoms with E-state index in [1.54, 1.807) is 54.6 Å². The van der Waals surface area contributed by atoms with Crippen LogP contribution in [-0.4, -0.2) is 46.0 Å². The lowest BCUT2D eigenvalue weighted by Gasteiger charge is -2.29. The number of esters is 1. The molecule has 4 N–H and O–H groups in total. The van der Waals surface area contributed by atoms with E-state index in [0.29, 0.717) is 42.0 Å². The molecule has 9 heteroatoms. The molecule has 0 radical (unpaired) electrons. The first-order valence-electron chi connectivity index (χ1n) is 16.1. The van der Waals surface area contributed by atoms with E-state index >= 15 is 0 Å². The normalized spacial score (nSPS) is 19.0. The number of allylic oxidation sites excluding steroid dienone is 2. The van der Waals surface area contributed by atoms with Crippen LogP contribution in [0.25, 0.3) is 0 Å². The molecule has 4 atom stereocenters. The van der Waals surface area contributed by atoms with Crippen LogP contribution < -0.4 is 15.4 Å². The van der Waals surface area contributed by atoms with Crippen LogP contribution in [-0.2, 0) is 14.4 Å². The average Bonchev–Trinajstić information content (AvgIpc) is 3.28. The Kier molecular flexibility index (Phi) is 13.9. The number of nitrogens with one attached hydrogen (secondary N) is 2. The lowest BCUT2D eigenvalue weighted by atomic mass is 9.80. The summed E-state index contributed by atoms with van der Waals surface area (Å²) in [5, 5.41) is 26.6. The number of aliphatic hydroxyl groups is 2. The van der Waals surface area contributed by atoms with Gasteiger partial charge in [-0.3, -0.25) is 19.2 Å². The standard InChI is InChI=1S/C37H48N2O7/c1-5-6-23-37(3,4)34(43)22-21-31-30(32(41)24-33(31)42)11-9-7-8-10-12-35(44)46-29-19-17-28(18-20-29)39-36(45)26-13-15-27(16-14-26)38-25(2)40/h7,9,13-22,30-31,33-34,42-43H,5-6,8,10-12,23-24H2,1-4H3,(H,38,40)(H,39,45)/b9-7+,22-21+/t30-,31?,33-,34-/m1/s1. The number of rotatable bonds is 16. The van der Waals surface area contributed by atoms with Crippen molar-refractivity contribution in [3.05, 3.63) is 78.4 Å². The Morgan fingerprint density at radius 3 is 2.30 bits per heavy atom. The van der Waals surface area contributed by atoms with Crippen LogP contribution in [0.2, 0.25) is 0 Å². The zero-order chi connectivity index (χ0) is 33.7. The summed E-state index contributed by atoms with van der Waals surface area (Å²) < 4.78 is 5.41. The number of unbranched alkanes of at least 4 members (excludes halogenated alkanes) is 2. The van der Waals surface area contributed by atoms with Gasteiger partial charge in [-0.2, -0.15) is 0 Å². The predicted octanol–water partition coefficient (Wildman–Crippen LogP) is 6.62. The van der Waals surface area contributed by atoms with Crippen molar-refractivity contribution in [2.45, 2.75) is 91.3 Å². The van der Waals surface area contributed by atoms with Gasteiger partial charge in [0.15, 0.2) is 0 Å². The van der Waals surface area contributed by atoms with Crippen LogP contribution in [0.3, 0.4) is 0 Å². The largest absolute Gasteiger partial charge is 0.427 e. The minimum absolute atomic E-state index is 0.0260. The number of carbonyl (C=O) groups excluding carboxylic acids is 4. The van der Waals surface area contributed by atoms with Crippen LogP contribution in [0.15, 0.2) is 72.8 Å². The van der Waals surface area contributed by atoms with E-state index in [2.05, 4.69) is 17.6 Å². The smallest absolute Gasteiger partial charge is 0.311 e. The fourth-order valence-electron chi connectivity index (χ4n) is 5.43. The second kappa shape index (κ2) is 17.6. The molecule has 0 saturated heterocycles. The van der Waals surface area contributed by atoms with Crippen LogP contribution in [0.5, 0.6) is 5.75 Å². The fourth-order valence-corrected chi connectivity index (χ4v) is 5.43. The number of aliphatic hydroxyl groups excluding tert-OH is 2. The van der Waals surface area contributed by atoms with E-state index in [1.807, 2.05) is 32.1 Å². The lowest BCUT2D eigenvalue weighted by Crippen LogP contribution is -2.28. The molecule has 0 spiro atoms. The molecule has 1 aliphatic carbocycles. The second-order valence-electron chi connectivity index (χ2n) is 12.7. The third-order valence-electron chi connectivity index (χ3n) is 8.34. The zero-order valence-electron chi connectivity index (χ0n) is 27.3. The Morgan fingerprint density at radius 1 is 1.00 bits per heavy atom. The topological polar surface area (TPSA) is 142 Å². The van der Waals surface area contributed by atoms with Crippen LogP contribution in [0.1, 0.15) is 89.4 Å². The molecule has 1 aliphatic rings. The van der Waals surface area contributed by atoms with Gasteiger partial charge in [-0.25, -0.2) is 0 Å². The van der Waals surface area contributed by atoms with E-state index in [1.165, 1.54) is 6.92 Å². The molecule has 0 aromatic heterocycles. The monoisotopic (exact) mass is 632 g/mol. The highest BCUT2D eigenvalue weighted by atomic mass is 16.5. The summed E-state index contributed by atoms with van der Waals surface area (Å²) in [4.78, 5) is 48.5. The first-order chi connectivity index (χ1) is 21.9. The van der Waals surface area contributed by atoms with E-state index in [0.717, 1.165) is 19.3 Å². The molecule has 248 valence electrons. The van der Waals surface area contributed by atoms with Gasteiger partial charge in [0.25, 0.3) is 5.91 Å². The molecule has 2 aromatic carbocycles. The number of hydrogen-bond acceptors (Lipinski definition) is 7. The van der Waals surface area contributed by atoms with Gasteiger partial charge < -0.3 is 25.6 Å². The molecule has 2 aromatic rings. The van der Waals surface area contributed by atoms with Crippen LogP contribution >= 0.6 is 0 Å². The van der Waals surface area contributed by atoms with Gasteiger partial charge >= 0.3 is 5.97 Å². The Bertz CT molecular complexity index is 1380. The lowest BCUT2D eigenvalue weighted by molar-refractivity contribution is -0.134. The maximum atomic E-state index is 12.6. The summed E-state index contributed by atoms with van der Waals surface area (Å²) in [6, 6.07) is 13.0. The number of ketones is 1. The first kappa shape index (κ1) is 36.4. The molecule has 46 heavy (non-hydrogen) atoms. The van der Waals surface area contributed by atoms with Gasteiger partial charge in [0.1, 0.15) is 11.5 Å². The van der Waals surface area contributed by atoms with E-state index in [4.69, 9.17) is 4.74 Å². The molecular formula is C37H48N2O7. The maximum absolute atomic E-state index is 12.6. The number of carbonyl (C=O) groups is 4. The molecule has 1 saturated carbocycles. The molecule has 3 rings (SSSR count). The van der Waals surface area contributed by atoms with Crippen molar-refractivity contribution < 1.29 is 34.1 Å². The highest BCUT2D eigenvalue weighted by Gasteiger charge is 2.39. The Morgan fingerprint density at radius 2 is 1.65 bits per heavy atom. The Labute approximate surface area is 272 Å². The third kappa shape index (κ3) is 11.4. The van der Waals surface area contributed by atoms with Crippen molar-refractivity contribution in [2.75, 3.05) is 10.6 Å². The van der Waals surface area contributed by atoms with Crippen molar-refractivity contribution in [3.8, 4) is 5.75 Å². The summed E-state index contributed by atoms with van der Waals surface area (Å²) in [6.45, 7) is 7.59. The minimum Gasteiger partial charge on any atom is -0.427 e. The maximum Gasteiger partial charge on any atom is 0.311 e. The zero-order valence-corrected chi connectivity index (χ0v) is 27.3. The van der Waals surface area contributed by atoms with Gasteiger partial charge in [0, 0.05) is 48.5 Å². The van der Waals surface area contributed by atoms with E-state index < -0.39 is 12.2 Å². The van der Waals surface area contributed by atoms with Crippen molar-refractivity contribution in [3.63, 3.8) is 0 Å². The first-order valence-corrected chi connectivity index (χ1v) is 16.1. The van der Waals surface area contributed by atoms with Gasteiger partial charge in [-0.15, -0.1) is 0 Å². The molecule has 0 bridgehead atoms. The van der Waals surface area contributed by atoms with Gasteiger partial charge in [0.05, 0.1) is 12.2 Å². The van der Waals surface area contributed by atoms with Crippen molar-refractivity contribution in [1.82, 2.24) is 0 Å². The second-order valence-corrected chi connectivity index (χ2v) is 12.7. The summed E-state index contributed by atoms with van der Waals surface area (Å²) >= 11 is 0. The molecular weight excluding hydrogens is 584 g/mol. The third-order valence-corrected chi connectivity index (χ3v) is 8.34. The predicted molar refractivity (Wildman–Crippen MR) is 179 cm³/mol. The number of amides is 2. The van der Waals surface area contributed by atoms with Crippen LogP contribution in [0.4, 0.5) is 11.4 Å². The number of anilines is 2. The molecule has 9 nitrogen and oxygen atoms in total. The van der Waals surface area contributed by atoms with Gasteiger partial charge in [-0.05, 0) is 79.6 Å². The Hall–Kier alpha value is -4.08. The van der Waals surface area contributed by atoms with Gasteiger partial charge in [0.2, 0.25) is 5.91 Å². The molecule has 0 aliphatic heterocycles. The van der Waals surface area contributed by atoms with Crippen molar-refractivity contribution >= 4 is 34.9 Å². The summed E-state index contributed by atoms with van der Waals surface area (Å²) in [7, 11) is 0. The Balaban J connectivity index is 1.39. The average molecular weight is 633 g/mol.